The molecule has 1 aromatic heterocycles. The van der Waals surface area contributed by atoms with Gasteiger partial charge in [0.05, 0.1) is 6.61 Å². The number of aliphatic hydroxyl groups excluding tert-OH is 1. The van der Waals surface area contributed by atoms with Gasteiger partial charge in [0.2, 0.25) is 5.95 Å². The number of nitrogens with one attached hydrogen (secondary N) is 2. The van der Waals surface area contributed by atoms with Crippen molar-refractivity contribution in [3.63, 3.8) is 0 Å². The van der Waals surface area contributed by atoms with Crippen molar-refractivity contribution in [3.05, 3.63) is 11.8 Å². The average Bonchev–Trinajstić information content (AvgIpc) is 2.23. The van der Waals surface area contributed by atoms with Crippen LogP contribution in [0.1, 0.15) is 19.4 Å². The molecule has 0 aliphatic rings. The van der Waals surface area contributed by atoms with E-state index in [1.807, 2.05) is 20.8 Å². The van der Waals surface area contributed by atoms with E-state index in [0.29, 0.717) is 5.95 Å². The highest BCUT2D eigenvalue weighted by atomic mass is 16.3. The van der Waals surface area contributed by atoms with Crippen molar-refractivity contribution in [1.29, 1.82) is 0 Å². The van der Waals surface area contributed by atoms with Crippen LogP contribution in [-0.2, 0) is 0 Å². The minimum absolute atomic E-state index is 0.00641. The summed E-state index contributed by atoms with van der Waals surface area (Å²) >= 11 is 0. The number of hydrogen-bond acceptors (Lipinski definition) is 5. The Kier molecular flexibility index (Phi) is 4.30. The molecular formula is C10H18N4O. The smallest absolute Gasteiger partial charge is 0.224 e. The lowest BCUT2D eigenvalue weighted by Gasteiger charge is -2.14. The molecule has 84 valence electrons. The Morgan fingerprint density at radius 1 is 1.53 bits per heavy atom. The normalized spacial score (nSPS) is 12.3. The first kappa shape index (κ1) is 11.7. The van der Waals surface area contributed by atoms with Gasteiger partial charge in [0.25, 0.3) is 0 Å². The van der Waals surface area contributed by atoms with Gasteiger partial charge in [-0.1, -0.05) is 0 Å². The van der Waals surface area contributed by atoms with Crippen LogP contribution in [0.2, 0.25) is 0 Å². The molecule has 0 saturated carbocycles. The van der Waals surface area contributed by atoms with Gasteiger partial charge in [-0.25, -0.2) is 4.98 Å². The van der Waals surface area contributed by atoms with Gasteiger partial charge < -0.3 is 15.7 Å². The second-order valence-corrected chi connectivity index (χ2v) is 3.48. The van der Waals surface area contributed by atoms with E-state index in [1.54, 1.807) is 6.20 Å². The molecule has 1 atom stereocenters. The van der Waals surface area contributed by atoms with Crippen molar-refractivity contribution in [2.24, 2.45) is 0 Å². The first-order valence-electron chi connectivity index (χ1n) is 5.12. The maximum Gasteiger partial charge on any atom is 0.224 e. The predicted octanol–water partition coefficient (Wildman–Crippen LogP) is 1.01. The van der Waals surface area contributed by atoms with E-state index in [9.17, 15) is 0 Å². The molecule has 0 bridgehead atoms. The Morgan fingerprint density at radius 2 is 2.27 bits per heavy atom. The van der Waals surface area contributed by atoms with Crippen molar-refractivity contribution in [2.75, 3.05) is 23.8 Å². The SMILES string of the molecule is CCNc1ncc(C)c(NC(C)CO)n1. The highest BCUT2D eigenvalue weighted by Gasteiger charge is 2.06. The first-order chi connectivity index (χ1) is 7.17. The molecule has 1 heterocycles. The first-order valence-corrected chi connectivity index (χ1v) is 5.12. The molecule has 1 unspecified atom stereocenters. The zero-order chi connectivity index (χ0) is 11.3. The van der Waals surface area contributed by atoms with Crippen LogP contribution < -0.4 is 10.6 Å². The van der Waals surface area contributed by atoms with Crippen LogP contribution in [0.15, 0.2) is 6.20 Å². The molecule has 1 rings (SSSR count). The van der Waals surface area contributed by atoms with E-state index in [1.165, 1.54) is 0 Å². The van der Waals surface area contributed by atoms with Crippen LogP contribution in [0.5, 0.6) is 0 Å². The summed E-state index contributed by atoms with van der Waals surface area (Å²) in [4.78, 5) is 8.44. The molecule has 15 heavy (non-hydrogen) atoms. The summed E-state index contributed by atoms with van der Waals surface area (Å²) in [5, 5.41) is 15.1. The minimum atomic E-state index is -0.00641. The number of anilines is 2. The lowest BCUT2D eigenvalue weighted by Crippen LogP contribution is -2.21. The fraction of sp³-hybridized carbons (Fsp3) is 0.600. The van der Waals surface area contributed by atoms with Crippen LogP contribution in [0, 0.1) is 6.92 Å². The van der Waals surface area contributed by atoms with Gasteiger partial charge in [-0.3, -0.25) is 0 Å². The summed E-state index contributed by atoms with van der Waals surface area (Å²) in [6.45, 7) is 6.70. The fourth-order valence-electron chi connectivity index (χ4n) is 1.11. The molecule has 1 aromatic rings. The number of aryl methyl sites for hydroxylation is 1. The van der Waals surface area contributed by atoms with Crippen LogP contribution in [0.4, 0.5) is 11.8 Å². The minimum Gasteiger partial charge on any atom is -0.394 e. The highest BCUT2D eigenvalue weighted by Crippen LogP contribution is 2.13. The van der Waals surface area contributed by atoms with Gasteiger partial charge >= 0.3 is 0 Å². The van der Waals surface area contributed by atoms with Crippen LogP contribution in [-0.4, -0.2) is 34.3 Å². The molecule has 0 radical (unpaired) electrons. The Labute approximate surface area is 90.0 Å². The van der Waals surface area contributed by atoms with Crippen molar-refractivity contribution in [1.82, 2.24) is 9.97 Å². The fourth-order valence-corrected chi connectivity index (χ4v) is 1.11. The molecule has 0 saturated heterocycles. The molecule has 5 nitrogen and oxygen atoms in total. The number of aromatic nitrogens is 2. The van der Waals surface area contributed by atoms with Gasteiger partial charge in [-0.05, 0) is 20.8 Å². The second kappa shape index (κ2) is 5.50. The molecule has 0 aliphatic carbocycles. The summed E-state index contributed by atoms with van der Waals surface area (Å²) in [6, 6.07) is -0.00641. The molecular weight excluding hydrogens is 192 g/mol. The van der Waals surface area contributed by atoms with E-state index < -0.39 is 0 Å². The summed E-state index contributed by atoms with van der Waals surface area (Å²) in [7, 11) is 0. The number of rotatable bonds is 5. The molecule has 0 amide bonds. The molecule has 5 heteroatoms. The third kappa shape index (κ3) is 3.36. The number of aliphatic hydroxyl groups is 1. The van der Waals surface area contributed by atoms with Crippen LogP contribution in [0.25, 0.3) is 0 Å². The third-order valence-corrected chi connectivity index (χ3v) is 1.96. The summed E-state index contributed by atoms with van der Waals surface area (Å²) in [5.74, 6) is 1.37. The van der Waals surface area contributed by atoms with Crippen LogP contribution >= 0.6 is 0 Å². The van der Waals surface area contributed by atoms with E-state index in [2.05, 4.69) is 20.6 Å². The number of nitrogens with zero attached hydrogens (tertiary/aromatic N) is 2. The largest absolute Gasteiger partial charge is 0.394 e. The van der Waals surface area contributed by atoms with Crippen molar-refractivity contribution < 1.29 is 5.11 Å². The van der Waals surface area contributed by atoms with Gasteiger partial charge in [-0.2, -0.15) is 4.98 Å². The lowest BCUT2D eigenvalue weighted by molar-refractivity contribution is 0.281. The Bertz CT molecular complexity index is 316. The molecule has 0 aromatic carbocycles. The van der Waals surface area contributed by atoms with E-state index in [4.69, 9.17) is 5.11 Å². The Morgan fingerprint density at radius 3 is 2.87 bits per heavy atom. The quantitative estimate of drug-likeness (QED) is 0.676. The second-order valence-electron chi connectivity index (χ2n) is 3.48. The van der Waals surface area contributed by atoms with E-state index in [-0.39, 0.29) is 12.6 Å². The molecule has 0 fully saturated rings. The molecule has 3 N–H and O–H groups in total. The summed E-state index contributed by atoms with van der Waals surface area (Å²) in [6.07, 6.45) is 1.76. The molecule has 0 spiro atoms. The third-order valence-electron chi connectivity index (χ3n) is 1.96. The maximum atomic E-state index is 8.94. The van der Waals surface area contributed by atoms with E-state index >= 15 is 0 Å². The zero-order valence-electron chi connectivity index (χ0n) is 9.41. The van der Waals surface area contributed by atoms with E-state index in [0.717, 1.165) is 17.9 Å². The summed E-state index contributed by atoms with van der Waals surface area (Å²) in [5.41, 5.74) is 0.969. The zero-order valence-corrected chi connectivity index (χ0v) is 9.41. The monoisotopic (exact) mass is 210 g/mol. The topological polar surface area (TPSA) is 70.1 Å². The summed E-state index contributed by atoms with van der Waals surface area (Å²) < 4.78 is 0. The van der Waals surface area contributed by atoms with Crippen LogP contribution in [0.3, 0.4) is 0 Å². The highest BCUT2D eigenvalue weighted by molar-refractivity contribution is 5.46. The van der Waals surface area contributed by atoms with Crippen molar-refractivity contribution in [2.45, 2.75) is 26.8 Å². The van der Waals surface area contributed by atoms with Gasteiger partial charge in [0, 0.05) is 24.3 Å². The number of hydrogen-bond donors (Lipinski definition) is 3. The van der Waals surface area contributed by atoms with Gasteiger partial charge in [0.1, 0.15) is 5.82 Å². The average molecular weight is 210 g/mol. The van der Waals surface area contributed by atoms with Gasteiger partial charge in [0.15, 0.2) is 0 Å². The van der Waals surface area contributed by atoms with Crippen molar-refractivity contribution in [3.8, 4) is 0 Å². The van der Waals surface area contributed by atoms with Gasteiger partial charge in [-0.15, -0.1) is 0 Å². The molecule has 0 aliphatic heterocycles. The predicted molar refractivity (Wildman–Crippen MR) is 61.1 cm³/mol. The lowest BCUT2D eigenvalue weighted by atomic mass is 10.3. The Hall–Kier alpha value is -1.36. The maximum absolute atomic E-state index is 8.94. The standard InChI is InChI=1S/C10H18N4O/c1-4-11-10-12-5-7(2)9(14-10)13-8(3)6-15/h5,8,15H,4,6H2,1-3H3,(H2,11,12,13,14). The Balaban J connectivity index is 2.80. The van der Waals surface area contributed by atoms with Crippen molar-refractivity contribution >= 4 is 11.8 Å².